The molecule has 1 amide bonds. The molecule has 0 saturated heterocycles. The fourth-order valence-corrected chi connectivity index (χ4v) is 2.88. The van der Waals surface area contributed by atoms with E-state index < -0.39 is 13.0 Å². The maximum atomic E-state index is 12.4. The van der Waals surface area contributed by atoms with E-state index in [0.717, 1.165) is 12.0 Å². The second kappa shape index (κ2) is 7.06. The van der Waals surface area contributed by atoms with E-state index in [9.17, 15) is 13.6 Å². The van der Waals surface area contributed by atoms with Gasteiger partial charge in [0, 0.05) is 11.9 Å². The van der Waals surface area contributed by atoms with E-state index in [0.29, 0.717) is 16.8 Å². The maximum absolute atomic E-state index is 12.4. The highest BCUT2D eigenvalue weighted by Crippen LogP contribution is 2.20. The first-order valence-electron chi connectivity index (χ1n) is 5.29. The summed E-state index contributed by atoms with van der Waals surface area (Å²) in [6, 6.07) is 1.87. The zero-order valence-corrected chi connectivity index (χ0v) is 11.9. The smallest absolute Gasteiger partial charge is 0.264 e. The molecule has 6 heteroatoms. The zero-order valence-electron chi connectivity index (χ0n) is 9.46. The van der Waals surface area contributed by atoms with E-state index in [1.165, 1.54) is 16.2 Å². The summed E-state index contributed by atoms with van der Waals surface area (Å²) in [6.07, 6.45) is -1.76. The second-order valence-electron chi connectivity index (χ2n) is 3.46. The van der Waals surface area contributed by atoms with Crippen LogP contribution in [0.4, 0.5) is 8.78 Å². The average molecular weight is 326 g/mol. The number of rotatable bonds is 6. The first kappa shape index (κ1) is 14.6. The summed E-state index contributed by atoms with van der Waals surface area (Å²) in [5.74, 6) is -0.295. The van der Waals surface area contributed by atoms with Crippen molar-refractivity contribution in [3.8, 4) is 0 Å². The Morgan fingerprint density at radius 3 is 2.82 bits per heavy atom. The fourth-order valence-electron chi connectivity index (χ4n) is 1.49. The molecule has 0 bridgehead atoms. The SMILES string of the molecule is CCc1ccsc1C(=O)N(CCBr)CC(F)F. The topological polar surface area (TPSA) is 20.3 Å². The lowest BCUT2D eigenvalue weighted by Gasteiger charge is -2.21. The Labute approximate surface area is 112 Å². The van der Waals surface area contributed by atoms with Crippen LogP contribution in [0.2, 0.25) is 0 Å². The van der Waals surface area contributed by atoms with Gasteiger partial charge < -0.3 is 4.90 Å². The molecule has 0 radical (unpaired) electrons. The van der Waals surface area contributed by atoms with Crippen LogP contribution >= 0.6 is 27.3 Å². The minimum Gasteiger partial charge on any atom is -0.331 e. The largest absolute Gasteiger partial charge is 0.331 e. The van der Waals surface area contributed by atoms with Gasteiger partial charge in [-0.1, -0.05) is 22.9 Å². The van der Waals surface area contributed by atoms with Crippen molar-refractivity contribution in [3.63, 3.8) is 0 Å². The molecule has 0 aliphatic carbocycles. The van der Waals surface area contributed by atoms with E-state index >= 15 is 0 Å². The van der Waals surface area contributed by atoms with E-state index in [2.05, 4.69) is 15.9 Å². The maximum Gasteiger partial charge on any atom is 0.264 e. The monoisotopic (exact) mass is 325 g/mol. The number of thiophene rings is 1. The Bertz CT molecular complexity index is 370. The van der Waals surface area contributed by atoms with Crippen molar-refractivity contribution in [2.75, 3.05) is 18.4 Å². The van der Waals surface area contributed by atoms with Crippen molar-refractivity contribution in [2.24, 2.45) is 0 Å². The Morgan fingerprint density at radius 1 is 1.59 bits per heavy atom. The normalized spacial score (nSPS) is 10.9. The molecule has 0 aliphatic heterocycles. The lowest BCUT2D eigenvalue weighted by atomic mass is 10.2. The van der Waals surface area contributed by atoms with E-state index in [4.69, 9.17) is 0 Å². The number of nitrogens with zero attached hydrogens (tertiary/aromatic N) is 1. The Balaban J connectivity index is 2.83. The van der Waals surface area contributed by atoms with Gasteiger partial charge in [0.2, 0.25) is 0 Å². The minimum absolute atomic E-state index is 0.295. The van der Waals surface area contributed by atoms with E-state index in [1.54, 1.807) is 0 Å². The lowest BCUT2D eigenvalue weighted by molar-refractivity contribution is 0.0576. The minimum atomic E-state index is -2.50. The summed E-state index contributed by atoms with van der Waals surface area (Å²) in [4.78, 5) is 13.9. The molecule has 0 aromatic carbocycles. The van der Waals surface area contributed by atoms with Crippen molar-refractivity contribution in [2.45, 2.75) is 19.8 Å². The van der Waals surface area contributed by atoms with Gasteiger partial charge in [-0.15, -0.1) is 11.3 Å². The molecule has 96 valence electrons. The zero-order chi connectivity index (χ0) is 12.8. The van der Waals surface area contributed by atoms with Gasteiger partial charge >= 0.3 is 0 Å². The Hall–Kier alpha value is -0.490. The molecular weight excluding hydrogens is 312 g/mol. The molecule has 0 N–H and O–H groups in total. The van der Waals surface area contributed by atoms with E-state index in [1.807, 2.05) is 18.4 Å². The standard InChI is InChI=1S/C11H14BrF2NOS/c1-2-8-3-6-17-10(8)11(16)15(5-4-12)7-9(13)14/h3,6,9H,2,4-5,7H2,1H3. The summed E-state index contributed by atoms with van der Waals surface area (Å²) in [5.41, 5.74) is 0.925. The molecule has 0 atom stereocenters. The van der Waals surface area contributed by atoms with Crippen LogP contribution in [0.5, 0.6) is 0 Å². The molecule has 17 heavy (non-hydrogen) atoms. The van der Waals surface area contributed by atoms with Crippen LogP contribution in [0.15, 0.2) is 11.4 Å². The number of amides is 1. The van der Waals surface area contributed by atoms with Crippen molar-refractivity contribution in [1.29, 1.82) is 0 Å². The third-order valence-corrected chi connectivity index (χ3v) is 3.62. The van der Waals surface area contributed by atoms with Gasteiger partial charge in [-0.25, -0.2) is 8.78 Å². The van der Waals surface area contributed by atoms with Crippen LogP contribution in [0, 0.1) is 0 Å². The lowest BCUT2D eigenvalue weighted by Crippen LogP contribution is -2.36. The summed E-state index contributed by atoms with van der Waals surface area (Å²) >= 11 is 4.48. The molecule has 0 saturated carbocycles. The van der Waals surface area contributed by atoms with Crippen molar-refractivity contribution < 1.29 is 13.6 Å². The third-order valence-electron chi connectivity index (χ3n) is 2.32. The molecule has 0 aliphatic rings. The van der Waals surface area contributed by atoms with Gasteiger partial charge in [0.25, 0.3) is 12.3 Å². The summed E-state index contributed by atoms with van der Waals surface area (Å²) in [5, 5.41) is 2.32. The highest BCUT2D eigenvalue weighted by atomic mass is 79.9. The van der Waals surface area contributed by atoms with Crippen molar-refractivity contribution >= 4 is 33.2 Å². The molecule has 2 nitrogen and oxygen atoms in total. The number of halogens is 3. The molecule has 1 heterocycles. The van der Waals surface area contributed by atoms with Crippen molar-refractivity contribution in [1.82, 2.24) is 4.90 Å². The molecule has 1 aromatic rings. The Morgan fingerprint density at radius 2 is 2.29 bits per heavy atom. The molecule has 0 fully saturated rings. The van der Waals surface area contributed by atoms with Gasteiger partial charge in [0.15, 0.2) is 0 Å². The number of hydrogen-bond donors (Lipinski definition) is 0. The van der Waals surface area contributed by atoms with Crippen LogP contribution in [0.25, 0.3) is 0 Å². The van der Waals surface area contributed by atoms with Crippen LogP contribution in [-0.4, -0.2) is 35.7 Å². The van der Waals surface area contributed by atoms with Crippen LogP contribution in [-0.2, 0) is 6.42 Å². The molecular formula is C11H14BrF2NOS. The van der Waals surface area contributed by atoms with Gasteiger partial charge in [0.05, 0.1) is 11.4 Å². The van der Waals surface area contributed by atoms with Crippen LogP contribution in [0.1, 0.15) is 22.2 Å². The summed E-state index contributed by atoms with van der Waals surface area (Å²) < 4.78 is 24.8. The molecule has 0 unspecified atom stereocenters. The third kappa shape index (κ3) is 4.03. The second-order valence-corrected chi connectivity index (χ2v) is 5.17. The predicted molar refractivity (Wildman–Crippen MR) is 69.4 cm³/mol. The summed E-state index contributed by atoms with van der Waals surface area (Å²) in [7, 11) is 0. The average Bonchev–Trinajstić information content (AvgIpc) is 2.74. The van der Waals surface area contributed by atoms with Gasteiger partial charge in [-0.2, -0.15) is 0 Å². The summed E-state index contributed by atoms with van der Waals surface area (Å²) in [6.45, 7) is 1.73. The molecule has 0 spiro atoms. The van der Waals surface area contributed by atoms with Gasteiger partial charge in [0.1, 0.15) is 0 Å². The fraction of sp³-hybridized carbons (Fsp3) is 0.545. The quantitative estimate of drug-likeness (QED) is 0.734. The number of carbonyl (C=O) groups excluding carboxylic acids is 1. The number of hydrogen-bond acceptors (Lipinski definition) is 2. The van der Waals surface area contributed by atoms with Crippen LogP contribution in [0.3, 0.4) is 0 Å². The first-order valence-corrected chi connectivity index (χ1v) is 7.30. The van der Waals surface area contributed by atoms with Crippen LogP contribution < -0.4 is 0 Å². The highest BCUT2D eigenvalue weighted by molar-refractivity contribution is 9.09. The molecule has 1 aromatic heterocycles. The number of carbonyl (C=O) groups is 1. The Kier molecular flexibility index (Phi) is 6.05. The number of aryl methyl sites for hydroxylation is 1. The van der Waals surface area contributed by atoms with Gasteiger partial charge in [-0.3, -0.25) is 4.79 Å². The number of alkyl halides is 3. The van der Waals surface area contributed by atoms with Gasteiger partial charge in [-0.05, 0) is 23.4 Å². The highest BCUT2D eigenvalue weighted by Gasteiger charge is 2.21. The van der Waals surface area contributed by atoms with Crippen molar-refractivity contribution in [3.05, 3.63) is 21.9 Å². The van der Waals surface area contributed by atoms with E-state index in [-0.39, 0.29) is 5.91 Å². The molecule has 1 rings (SSSR count). The first-order chi connectivity index (χ1) is 8.10. The predicted octanol–water partition coefficient (Wildman–Crippen LogP) is 3.41.